The van der Waals surface area contributed by atoms with Gasteiger partial charge >= 0.3 is 6.03 Å². The molecule has 0 atom stereocenters. The molecule has 1 N–H and O–H groups in total. The number of nitrogens with zero attached hydrogens (tertiary/aromatic N) is 3. The Hall–Kier alpha value is -3.52. The van der Waals surface area contributed by atoms with Crippen molar-refractivity contribution in [1.29, 1.82) is 0 Å². The van der Waals surface area contributed by atoms with Gasteiger partial charge in [-0.2, -0.15) is 0 Å². The second-order valence-electron chi connectivity index (χ2n) is 9.49. The molecule has 1 aromatic heterocycles. The zero-order chi connectivity index (χ0) is 26.0. The van der Waals surface area contributed by atoms with Crippen molar-refractivity contribution in [2.75, 3.05) is 51.3 Å². The highest BCUT2D eigenvalue weighted by atomic mass is 32.1. The smallest absolute Gasteiger partial charge is 0.321 e. The zero-order valence-corrected chi connectivity index (χ0v) is 22.4. The van der Waals surface area contributed by atoms with E-state index >= 15 is 0 Å². The summed E-state index contributed by atoms with van der Waals surface area (Å²) in [5.41, 5.74) is 7.05. The maximum atomic E-state index is 13.6. The number of benzene rings is 3. The summed E-state index contributed by atoms with van der Waals surface area (Å²) in [5, 5.41) is 5.17. The zero-order valence-electron chi connectivity index (χ0n) is 21.5. The number of urea groups is 1. The second kappa shape index (κ2) is 13.3. The van der Waals surface area contributed by atoms with E-state index < -0.39 is 0 Å². The number of rotatable bonds is 10. The maximum Gasteiger partial charge on any atom is 0.321 e. The van der Waals surface area contributed by atoms with Crippen LogP contribution in [0.15, 0.2) is 95.8 Å². The molecule has 4 aromatic rings. The van der Waals surface area contributed by atoms with Crippen molar-refractivity contribution in [3.05, 3.63) is 107 Å². The van der Waals surface area contributed by atoms with Crippen LogP contribution in [0, 0.1) is 0 Å². The van der Waals surface area contributed by atoms with Gasteiger partial charge in [0.25, 0.3) is 0 Å². The SMILES string of the molecule is O=C(Nc1cccc(-c2cscn2)c1)N(CCC(c1ccccc1)c1ccccc1)CCN1CCOCC1. The van der Waals surface area contributed by atoms with E-state index in [2.05, 4.69) is 63.7 Å². The summed E-state index contributed by atoms with van der Waals surface area (Å²) in [6.45, 7) is 5.45. The Labute approximate surface area is 228 Å². The molecule has 1 aliphatic rings. The van der Waals surface area contributed by atoms with E-state index in [9.17, 15) is 4.79 Å². The fraction of sp³-hybridized carbons (Fsp3) is 0.290. The van der Waals surface area contributed by atoms with Gasteiger partial charge in [0.1, 0.15) is 0 Å². The number of morpholine rings is 1. The molecule has 1 aliphatic heterocycles. The molecule has 0 unspecified atom stereocenters. The molecule has 196 valence electrons. The van der Waals surface area contributed by atoms with Crippen LogP contribution in [0.5, 0.6) is 0 Å². The van der Waals surface area contributed by atoms with Crippen LogP contribution in [-0.2, 0) is 4.74 Å². The lowest BCUT2D eigenvalue weighted by Gasteiger charge is -2.31. The molecule has 0 saturated carbocycles. The number of aromatic nitrogens is 1. The molecule has 0 bridgehead atoms. The lowest BCUT2D eigenvalue weighted by molar-refractivity contribution is 0.0351. The molecule has 38 heavy (non-hydrogen) atoms. The van der Waals surface area contributed by atoms with E-state index in [1.54, 1.807) is 11.3 Å². The summed E-state index contributed by atoms with van der Waals surface area (Å²) in [4.78, 5) is 22.4. The molecule has 3 aromatic carbocycles. The molecule has 2 heterocycles. The molecule has 5 rings (SSSR count). The Morgan fingerprint density at radius 3 is 2.32 bits per heavy atom. The second-order valence-corrected chi connectivity index (χ2v) is 10.2. The summed E-state index contributed by atoms with van der Waals surface area (Å²) >= 11 is 1.56. The van der Waals surface area contributed by atoms with Crippen LogP contribution in [0.25, 0.3) is 11.3 Å². The van der Waals surface area contributed by atoms with Crippen molar-refractivity contribution in [2.45, 2.75) is 12.3 Å². The minimum atomic E-state index is -0.0754. The van der Waals surface area contributed by atoms with Crippen LogP contribution in [0.3, 0.4) is 0 Å². The highest BCUT2D eigenvalue weighted by molar-refractivity contribution is 7.07. The van der Waals surface area contributed by atoms with Crippen LogP contribution in [-0.4, -0.2) is 66.8 Å². The van der Waals surface area contributed by atoms with Crippen LogP contribution in [0.1, 0.15) is 23.5 Å². The fourth-order valence-corrected chi connectivity index (χ4v) is 5.46. The first-order chi connectivity index (χ1) is 18.8. The standard InChI is InChI=1S/C31H34N4O2S/c36-31(33-28-13-7-12-27(22-28)30-23-38-24-32-30)35(17-16-34-18-20-37-21-19-34)15-14-29(25-8-3-1-4-9-25)26-10-5-2-6-11-26/h1-13,22-24,29H,14-21H2,(H,33,36). The van der Waals surface area contributed by atoms with E-state index in [0.29, 0.717) is 13.1 Å². The van der Waals surface area contributed by atoms with E-state index in [4.69, 9.17) is 4.74 Å². The minimum absolute atomic E-state index is 0.0754. The molecule has 0 aliphatic carbocycles. The summed E-state index contributed by atoms with van der Waals surface area (Å²) in [5.74, 6) is 0.212. The highest BCUT2D eigenvalue weighted by Crippen LogP contribution is 2.28. The first-order valence-corrected chi connectivity index (χ1v) is 14.1. The Bertz CT molecular complexity index is 1220. The van der Waals surface area contributed by atoms with Crippen molar-refractivity contribution in [3.63, 3.8) is 0 Å². The van der Waals surface area contributed by atoms with E-state index in [-0.39, 0.29) is 11.9 Å². The van der Waals surface area contributed by atoms with Crippen LogP contribution >= 0.6 is 11.3 Å². The predicted octanol–water partition coefficient (Wildman–Crippen LogP) is 6.20. The molecule has 2 amide bonds. The normalized spacial score (nSPS) is 13.9. The number of amides is 2. The summed E-state index contributed by atoms with van der Waals surface area (Å²) in [6, 6.07) is 29.0. The topological polar surface area (TPSA) is 57.7 Å². The molecule has 1 saturated heterocycles. The van der Waals surface area contributed by atoms with Gasteiger partial charge in [-0.25, -0.2) is 9.78 Å². The van der Waals surface area contributed by atoms with Crippen molar-refractivity contribution in [1.82, 2.24) is 14.8 Å². The maximum absolute atomic E-state index is 13.6. The van der Waals surface area contributed by atoms with Crippen molar-refractivity contribution in [3.8, 4) is 11.3 Å². The lowest BCUT2D eigenvalue weighted by Crippen LogP contribution is -2.44. The Morgan fingerprint density at radius 2 is 1.66 bits per heavy atom. The molecule has 0 spiro atoms. The van der Waals surface area contributed by atoms with Gasteiger partial charge in [-0.05, 0) is 29.7 Å². The van der Waals surface area contributed by atoms with Gasteiger partial charge < -0.3 is 15.0 Å². The molecule has 1 fully saturated rings. The Balaban J connectivity index is 1.32. The Morgan fingerprint density at radius 1 is 0.947 bits per heavy atom. The van der Waals surface area contributed by atoms with Gasteiger partial charge in [-0.15, -0.1) is 11.3 Å². The molecular formula is C31H34N4O2S. The van der Waals surface area contributed by atoms with Gasteiger partial charge in [-0.1, -0.05) is 72.8 Å². The molecule has 6 nitrogen and oxygen atoms in total. The number of hydrogen-bond acceptors (Lipinski definition) is 5. The molecule has 0 radical (unpaired) electrons. The summed E-state index contributed by atoms with van der Waals surface area (Å²) in [7, 11) is 0. The predicted molar refractivity (Wildman–Crippen MR) is 155 cm³/mol. The number of hydrogen-bond donors (Lipinski definition) is 1. The number of anilines is 1. The van der Waals surface area contributed by atoms with Gasteiger partial charge in [0.15, 0.2) is 0 Å². The molecule has 7 heteroatoms. The highest BCUT2D eigenvalue weighted by Gasteiger charge is 2.21. The third kappa shape index (κ3) is 7.07. The summed E-state index contributed by atoms with van der Waals surface area (Å²) < 4.78 is 5.51. The first kappa shape index (κ1) is 26.1. The van der Waals surface area contributed by atoms with Gasteiger partial charge in [-0.3, -0.25) is 4.90 Å². The number of nitrogens with one attached hydrogen (secondary N) is 1. The van der Waals surface area contributed by atoms with E-state index in [1.807, 2.05) is 52.2 Å². The number of ether oxygens (including phenoxy) is 1. The van der Waals surface area contributed by atoms with Gasteiger partial charge in [0, 0.05) is 55.3 Å². The third-order valence-electron chi connectivity index (χ3n) is 7.01. The minimum Gasteiger partial charge on any atom is -0.379 e. The number of thiazole rings is 1. The monoisotopic (exact) mass is 526 g/mol. The quantitative estimate of drug-likeness (QED) is 0.267. The van der Waals surface area contributed by atoms with Gasteiger partial charge in [0.05, 0.1) is 24.4 Å². The largest absolute Gasteiger partial charge is 0.379 e. The third-order valence-corrected chi connectivity index (χ3v) is 7.60. The van der Waals surface area contributed by atoms with Crippen LogP contribution in [0.4, 0.5) is 10.5 Å². The summed E-state index contributed by atoms with van der Waals surface area (Å²) in [6.07, 6.45) is 0.837. The van der Waals surface area contributed by atoms with Crippen molar-refractivity contribution >= 4 is 23.1 Å². The average molecular weight is 527 g/mol. The van der Waals surface area contributed by atoms with Crippen molar-refractivity contribution in [2.24, 2.45) is 0 Å². The number of carbonyl (C=O) groups is 1. The number of carbonyl (C=O) groups excluding carboxylic acids is 1. The van der Waals surface area contributed by atoms with E-state index in [0.717, 1.165) is 56.2 Å². The Kier molecular flexibility index (Phi) is 9.15. The molecular weight excluding hydrogens is 492 g/mol. The first-order valence-electron chi connectivity index (χ1n) is 13.2. The lowest BCUT2D eigenvalue weighted by atomic mass is 9.88. The van der Waals surface area contributed by atoms with Crippen LogP contribution < -0.4 is 5.32 Å². The van der Waals surface area contributed by atoms with Crippen LogP contribution in [0.2, 0.25) is 0 Å². The van der Waals surface area contributed by atoms with Gasteiger partial charge in [0.2, 0.25) is 0 Å². The van der Waals surface area contributed by atoms with E-state index in [1.165, 1.54) is 11.1 Å². The average Bonchev–Trinajstić information content (AvgIpc) is 3.52. The van der Waals surface area contributed by atoms with Crippen molar-refractivity contribution < 1.29 is 9.53 Å². The fourth-order valence-electron chi connectivity index (χ4n) is 4.90.